The van der Waals surface area contributed by atoms with Crippen molar-refractivity contribution in [3.63, 3.8) is 0 Å². The standard InChI is InChI=1S/C7H13F3/c1-2-3-4-6(9)7(10)5-8/h6-7H,2-5H2,1H3. The van der Waals surface area contributed by atoms with E-state index in [4.69, 9.17) is 0 Å². The molecule has 0 fully saturated rings. The lowest BCUT2D eigenvalue weighted by molar-refractivity contribution is 0.128. The van der Waals surface area contributed by atoms with E-state index in [0.29, 0.717) is 6.42 Å². The topological polar surface area (TPSA) is 0 Å². The smallest absolute Gasteiger partial charge is 0.159 e. The highest BCUT2D eigenvalue weighted by Gasteiger charge is 2.18. The number of hydrogen-bond donors (Lipinski definition) is 0. The maximum absolute atomic E-state index is 12.4. The second-order valence-corrected chi connectivity index (χ2v) is 2.33. The Hall–Kier alpha value is -0.210. The Kier molecular flexibility index (Phi) is 5.45. The summed E-state index contributed by atoms with van der Waals surface area (Å²) in [5, 5.41) is 0. The molecule has 0 spiro atoms. The molecule has 0 aromatic carbocycles. The SMILES string of the molecule is CCCCC(F)C(F)CF. The summed E-state index contributed by atoms with van der Waals surface area (Å²) in [6.45, 7) is 0.681. The van der Waals surface area contributed by atoms with Crippen molar-refractivity contribution >= 4 is 0 Å². The quantitative estimate of drug-likeness (QED) is 0.571. The molecule has 0 amide bonds. The molecule has 0 aliphatic rings. The molecule has 0 aliphatic heterocycles. The van der Waals surface area contributed by atoms with E-state index >= 15 is 0 Å². The number of hydrogen-bond acceptors (Lipinski definition) is 0. The summed E-state index contributed by atoms with van der Waals surface area (Å²) < 4.78 is 35.9. The van der Waals surface area contributed by atoms with Gasteiger partial charge in [-0.2, -0.15) is 0 Å². The van der Waals surface area contributed by atoms with E-state index in [1.807, 2.05) is 6.92 Å². The van der Waals surface area contributed by atoms with E-state index in [1.54, 1.807) is 0 Å². The van der Waals surface area contributed by atoms with Crippen molar-refractivity contribution in [3.05, 3.63) is 0 Å². The summed E-state index contributed by atoms with van der Waals surface area (Å²) in [7, 11) is 0. The van der Waals surface area contributed by atoms with Crippen LogP contribution in [0.1, 0.15) is 26.2 Å². The fourth-order valence-corrected chi connectivity index (χ4v) is 0.677. The van der Waals surface area contributed by atoms with Crippen LogP contribution in [-0.4, -0.2) is 19.0 Å². The first kappa shape index (κ1) is 9.79. The van der Waals surface area contributed by atoms with E-state index in [2.05, 4.69) is 0 Å². The molecule has 0 saturated carbocycles. The Labute approximate surface area is 59.4 Å². The van der Waals surface area contributed by atoms with Gasteiger partial charge in [-0.1, -0.05) is 19.8 Å². The monoisotopic (exact) mass is 154 g/mol. The zero-order valence-corrected chi connectivity index (χ0v) is 6.12. The zero-order valence-electron chi connectivity index (χ0n) is 6.12. The number of rotatable bonds is 5. The van der Waals surface area contributed by atoms with Gasteiger partial charge in [0.1, 0.15) is 12.8 Å². The summed E-state index contributed by atoms with van der Waals surface area (Å²) in [6, 6.07) is 0. The van der Waals surface area contributed by atoms with E-state index in [1.165, 1.54) is 0 Å². The molecular formula is C7H13F3. The van der Waals surface area contributed by atoms with Gasteiger partial charge in [0.2, 0.25) is 0 Å². The molecule has 0 bridgehead atoms. The number of unbranched alkanes of at least 4 members (excludes halogenated alkanes) is 1. The van der Waals surface area contributed by atoms with E-state index in [9.17, 15) is 13.2 Å². The van der Waals surface area contributed by atoms with E-state index in [-0.39, 0.29) is 6.42 Å². The van der Waals surface area contributed by atoms with Crippen molar-refractivity contribution in [2.45, 2.75) is 38.5 Å². The van der Waals surface area contributed by atoms with Crippen LogP contribution >= 0.6 is 0 Å². The number of alkyl halides is 3. The van der Waals surface area contributed by atoms with Gasteiger partial charge in [0.25, 0.3) is 0 Å². The van der Waals surface area contributed by atoms with E-state index in [0.717, 1.165) is 6.42 Å². The van der Waals surface area contributed by atoms with Crippen LogP contribution in [0.3, 0.4) is 0 Å². The Morgan fingerprint density at radius 2 is 1.80 bits per heavy atom. The summed E-state index contributed by atoms with van der Waals surface area (Å²) >= 11 is 0. The minimum Gasteiger partial charge on any atom is -0.248 e. The van der Waals surface area contributed by atoms with Crippen LogP contribution in [0.15, 0.2) is 0 Å². The Morgan fingerprint density at radius 1 is 1.20 bits per heavy atom. The molecule has 0 aliphatic carbocycles. The van der Waals surface area contributed by atoms with Crippen LogP contribution in [0.4, 0.5) is 13.2 Å². The third kappa shape index (κ3) is 3.75. The Morgan fingerprint density at radius 3 is 2.20 bits per heavy atom. The van der Waals surface area contributed by atoms with Gasteiger partial charge in [0.05, 0.1) is 0 Å². The van der Waals surface area contributed by atoms with Gasteiger partial charge in [-0.15, -0.1) is 0 Å². The molecule has 0 aromatic rings. The lowest BCUT2D eigenvalue weighted by atomic mass is 10.1. The van der Waals surface area contributed by atoms with Crippen molar-refractivity contribution in [3.8, 4) is 0 Å². The van der Waals surface area contributed by atoms with Crippen LogP contribution in [0.2, 0.25) is 0 Å². The normalized spacial score (nSPS) is 16.8. The highest BCUT2D eigenvalue weighted by atomic mass is 19.2. The number of halogens is 3. The van der Waals surface area contributed by atoms with Crippen molar-refractivity contribution in [1.29, 1.82) is 0 Å². The summed E-state index contributed by atoms with van der Waals surface area (Å²) in [4.78, 5) is 0. The minimum absolute atomic E-state index is 0.140. The third-order valence-electron chi connectivity index (χ3n) is 1.37. The molecule has 62 valence electrons. The van der Waals surface area contributed by atoms with Gasteiger partial charge < -0.3 is 0 Å². The Bertz CT molecular complexity index is 75.3. The zero-order chi connectivity index (χ0) is 7.98. The molecule has 2 atom stereocenters. The summed E-state index contributed by atoms with van der Waals surface area (Å²) in [5.74, 6) is 0. The van der Waals surface area contributed by atoms with Crippen LogP contribution in [0.5, 0.6) is 0 Å². The highest BCUT2D eigenvalue weighted by Crippen LogP contribution is 2.11. The summed E-state index contributed by atoms with van der Waals surface area (Å²) in [6.07, 6.45) is -1.93. The van der Waals surface area contributed by atoms with Crippen molar-refractivity contribution < 1.29 is 13.2 Å². The summed E-state index contributed by atoms with van der Waals surface area (Å²) in [5.41, 5.74) is 0. The molecule has 0 N–H and O–H groups in total. The van der Waals surface area contributed by atoms with Crippen molar-refractivity contribution in [1.82, 2.24) is 0 Å². The molecular weight excluding hydrogens is 141 g/mol. The molecule has 0 radical (unpaired) electrons. The average Bonchev–Trinajstić information content (AvgIpc) is 1.98. The van der Waals surface area contributed by atoms with Crippen LogP contribution in [-0.2, 0) is 0 Å². The maximum atomic E-state index is 12.4. The lowest BCUT2D eigenvalue weighted by Gasteiger charge is -2.08. The molecule has 0 nitrogen and oxygen atoms in total. The third-order valence-corrected chi connectivity index (χ3v) is 1.37. The molecule has 3 heteroatoms. The largest absolute Gasteiger partial charge is 0.248 e. The lowest BCUT2D eigenvalue weighted by Crippen LogP contribution is -2.18. The van der Waals surface area contributed by atoms with Crippen molar-refractivity contribution in [2.75, 3.05) is 6.67 Å². The van der Waals surface area contributed by atoms with Crippen LogP contribution < -0.4 is 0 Å². The van der Waals surface area contributed by atoms with Gasteiger partial charge in [-0.3, -0.25) is 0 Å². The second kappa shape index (κ2) is 5.57. The highest BCUT2D eigenvalue weighted by molar-refractivity contribution is 4.66. The molecule has 2 unspecified atom stereocenters. The first-order valence-electron chi connectivity index (χ1n) is 3.56. The maximum Gasteiger partial charge on any atom is 0.159 e. The predicted molar refractivity (Wildman–Crippen MR) is 35.3 cm³/mol. The fourth-order valence-electron chi connectivity index (χ4n) is 0.677. The van der Waals surface area contributed by atoms with Gasteiger partial charge >= 0.3 is 0 Å². The fraction of sp³-hybridized carbons (Fsp3) is 1.00. The van der Waals surface area contributed by atoms with E-state index < -0.39 is 19.0 Å². The first-order chi connectivity index (χ1) is 4.72. The molecule has 0 rings (SSSR count). The van der Waals surface area contributed by atoms with Crippen molar-refractivity contribution in [2.24, 2.45) is 0 Å². The molecule has 0 aromatic heterocycles. The average molecular weight is 154 g/mol. The van der Waals surface area contributed by atoms with Crippen LogP contribution in [0, 0.1) is 0 Å². The predicted octanol–water partition coefficient (Wildman–Crippen LogP) is 2.82. The van der Waals surface area contributed by atoms with Gasteiger partial charge in [-0.25, -0.2) is 13.2 Å². The van der Waals surface area contributed by atoms with Gasteiger partial charge in [0, 0.05) is 0 Å². The first-order valence-corrected chi connectivity index (χ1v) is 3.56. The molecule has 10 heavy (non-hydrogen) atoms. The van der Waals surface area contributed by atoms with Gasteiger partial charge in [0.15, 0.2) is 6.17 Å². The molecule has 0 heterocycles. The minimum atomic E-state index is -1.91. The van der Waals surface area contributed by atoms with Gasteiger partial charge in [-0.05, 0) is 6.42 Å². The molecule has 0 saturated heterocycles. The Balaban J connectivity index is 3.31. The second-order valence-electron chi connectivity index (χ2n) is 2.33. The van der Waals surface area contributed by atoms with Crippen LogP contribution in [0.25, 0.3) is 0 Å².